The molecule has 25 heavy (non-hydrogen) atoms. The predicted molar refractivity (Wildman–Crippen MR) is 106 cm³/mol. The summed E-state index contributed by atoms with van der Waals surface area (Å²) in [5.74, 6) is 0. The van der Waals surface area contributed by atoms with E-state index in [1.54, 1.807) is 11.8 Å². The van der Waals surface area contributed by atoms with Crippen LogP contribution in [0.15, 0.2) is 53.4 Å². The van der Waals surface area contributed by atoms with E-state index in [4.69, 9.17) is 11.6 Å². The maximum Gasteiger partial charge on any atom is 0.317 e. The standard InChI is InChI=1S/C19H22ClN3OS/c1-25-18-9-5-4-8-17(18)22-10-12-23(13-11-22)19(24)21-14-15-6-2-3-7-16(15)20/h2-9H,10-14H2,1H3,(H,21,24). The number of hydrogen-bond donors (Lipinski definition) is 1. The van der Waals surface area contributed by atoms with Crippen molar-refractivity contribution in [2.75, 3.05) is 37.3 Å². The number of thioether (sulfide) groups is 1. The monoisotopic (exact) mass is 375 g/mol. The fraction of sp³-hybridized carbons (Fsp3) is 0.316. The molecule has 1 N–H and O–H groups in total. The number of carbonyl (C=O) groups excluding carboxylic acids is 1. The smallest absolute Gasteiger partial charge is 0.317 e. The normalized spacial score (nSPS) is 14.5. The summed E-state index contributed by atoms with van der Waals surface area (Å²) < 4.78 is 0. The molecular weight excluding hydrogens is 354 g/mol. The van der Waals surface area contributed by atoms with Crippen molar-refractivity contribution < 1.29 is 4.79 Å². The Balaban J connectivity index is 1.53. The molecule has 2 amide bonds. The van der Waals surface area contributed by atoms with Crippen molar-refractivity contribution >= 4 is 35.1 Å². The van der Waals surface area contributed by atoms with Gasteiger partial charge in [0.1, 0.15) is 0 Å². The summed E-state index contributed by atoms with van der Waals surface area (Å²) in [6.07, 6.45) is 2.09. The van der Waals surface area contributed by atoms with Gasteiger partial charge >= 0.3 is 6.03 Å². The number of para-hydroxylation sites is 1. The Bertz CT molecular complexity index is 732. The molecule has 6 heteroatoms. The maximum atomic E-state index is 12.4. The average Bonchev–Trinajstić information content (AvgIpc) is 2.67. The number of halogens is 1. The summed E-state index contributed by atoms with van der Waals surface area (Å²) >= 11 is 7.89. The van der Waals surface area contributed by atoms with Gasteiger partial charge < -0.3 is 15.1 Å². The third-order valence-electron chi connectivity index (χ3n) is 4.38. The van der Waals surface area contributed by atoms with Crippen LogP contribution >= 0.6 is 23.4 Å². The summed E-state index contributed by atoms with van der Waals surface area (Å²) in [5, 5.41) is 3.65. The highest BCUT2D eigenvalue weighted by Gasteiger charge is 2.22. The van der Waals surface area contributed by atoms with Crippen LogP contribution in [0.4, 0.5) is 10.5 Å². The van der Waals surface area contributed by atoms with Crippen molar-refractivity contribution in [3.8, 4) is 0 Å². The van der Waals surface area contributed by atoms with Crippen molar-refractivity contribution in [1.29, 1.82) is 0 Å². The van der Waals surface area contributed by atoms with Crippen molar-refractivity contribution in [2.24, 2.45) is 0 Å². The van der Waals surface area contributed by atoms with Crippen molar-refractivity contribution in [1.82, 2.24) is 10.2 Å². The van der Waals surface area contributed by atoms with Crippen LogP contribution in [0.5, 0.6) is 0 Å². The summed E-state index contributed by atoms with van der Waals surface area (Å²) in [7, 11) is 0. The SMILES string of the molecule is CSc1ccccc1N1CCN(C(=O)NCc2ccccc2Cl)CC1. The molecule has 0 aliphatic carbocycles. The van der Waals surface area contributed by atoms with Crippen molar-refractivity contribution in [3.63, 3.8) is 0 Å². The first-order valence-corrected chi connectivity index (χ1v) is 9.93. The van der Waals surface area contributed by atoms with Gasteiger partial charge in [0.05, 0.1) is 5.69 Å². The molecule has 3 rings (SSSR count). The van der Waals surface area contributed by atoms with Gasteiger partial charge in [-0.1, -0.05) is 41.9 Å². The van der Waals surface area contributed by atoms with Crippen LogP contribution in [0.1, 0.15) is 5.56 Å². The number of benzene rings is 2. The van der Waals surface area contributed by atoms with Crippen molar-refractivity contribution in [3.05, 3.63) is 59.1 Å². The van der Waals surface area contributed by atoms with E-state index in [1.165, 1.54) is 10.6 Å². The fourth-order valence-corrected chi connectivity index (χ4v) is 3.79. The minimum atomic E-state index is -0.0299. The van der Waals surface area contributed by atoms with Gasteiger partial charge in [0.25, 0.3) is 0 Å². The largest absolute Gasteiger partial charge is 0.367 e. The van der Waals surface area contributed by atoms with Gasteiger partial charge in [-0.05, 0) is 30.0 Å². The first-order valence-electron chi connectivity index (χ1n) is 8.33. The summed E-state index contributed by atoms with van der Waals surface area (Å²) in [6.45, 7) is 3.58. The molecule has 2 aromatic carbocycles. The van der Waals surface area contributed by atoms with E-state index in [1.807, 2.05) is 29.2 Å². The Kier molecular flexibility index (Phi) is 6.10. The Morgan fingerprint density at radius 1 is 1.08 bits per heavy atom. The second kappa shape index (κ2) is 8.50. The molecule has 2 aromatic rings. The fourth-order valence-electron chi connectivity index (χ4n) is 2.97. The quantitative estimate of drug-likeness (QED) is 0.817. The summed E-state index contributed by atoms with van der Waals surface area (Å²) in [6, 6.07) is 16.0. The van der Waals surface area contributed by atoms with Crippen LogP contribution in [-0.2, 0) is 6.54 Å². The lowest BCUT2D eigenvalue weighted by Crippen LogP contribution is -2.51. The molecule has 0 aromatic heterocycles. The third-order valence-corrected chi connectivity index (χ3v) is 5.53. The highest BCUT2D eigenvalue weighted by atomic mass is 35.5. The minimum Gasteiger partial charge on any atom is -0.367 e. The van der Waals surface area contributed by atoms with Gasteiger partial charge in [-0.15, -0.1) is 11.8 Å². The van der Waals surface area contributed by atoms with Gasteiger partial charge in [-0.3, -0.25) is 0 Å². The van der Waals surface area contributed by atoms with Crippen LogP contribution in [-0.4, -0.2) is 43.4 Å². The molecule has 1 heterocycles. The number of carbonyl (C=O) groups is 1. The van der Waals surface area contributed by atoms with Crippen LogP contribution in [0.2, 0.25) is 5.02 Å². The molecule has 0 spiro atoms. The Labute approximate surface area is 158 Å². The molecular formula is C19H22ClN3OS. The number of nitrogens with one attached hydrogen (secondary N) is 1. The topological polar surface area (TPSA) is 35.6 Å². The molecule has 0 saturated carbocycles. The van der Waals surface area contributed by atoms with E-state index in [-0.39, 0.29) is 6.03 Å². The Morgan fingerprint density at radius 2 is 1.76 bits per heavy atom. The van der Waals surface area contributed by atoms with Gasteiger partial charge in [0.2, 0.25) is 0 Å². The maximum absolute atomic E-state index is 12.4. The highest BCUT2D eigenvalue weighted by Crippen LogP contribution is 2.29. The Morgan fingerprint density at radius 3 is 2.48 bits per heavy atom. The van der Waals surface area contributed by atoms with Gasteiger partial charge in [-0.25, -0.2) is 4.79 Å². The molecule has 0 radical (unpaired) electrons. The first kappa shape index (κ1) is 18.0. The highest BCUT2D eigenvalue weighted by molar-refractivity contribution is 7.98. The number of piperazine rings is 1. The predicted octanol–water partition coefficient (Wildman–Crippen LogP) is 4.09. The molecule has 1 aliphatic heterocycles. The van der Waals surface area contributed by atoms with Crippen molar-refractivity contribution in [2.45, 2.75) is 11.4 Å². The zero-order valence-corrected chi connectivity index (χ0v) is 15.8. The second-order valence-corrected chi connectivity index (χ2v) is 7.15. The molecule has 1 fully saturated rings. The number of nitrogens with zero attached hydrogens (tertiary/aromatic N) is 2. The van der Waals surface area contributed by atoms with Crippen LogP contribution in [0.3, 0.4) is 0 Å². The lowest BCUT2D eigenvalue weighted by Gasteiger charge is -2.36. The summed E-state index contributed by atoms with van der Waals surface area (Å²) in [5.41, 5.74) is 2.19. The first-order chi connectivity index (χ1) is 12.2. The lowest BCUT2D eigenvalue weighted by atomic mass is 10.2. The molecule has 1 aliphatic rings. The van der Waals surface area contributed by atoms with Crippen LogP contribution in [0.25, 0.3) is 0 Å². The lowest BCUT2D eigenvalue weighted by molar-refractivity contribution is 0.194. The third kappa shape index (κ3) is 4.41. The number of anilines is 1. The number of urea groups is 1. The van der Waals surface area contributed by atoms with E-state index in [0.717, 1.165) is 31.7 Å². The van der Waals surface area contributed by atoms with Crippen LogP contribution in [0, 0.1) is 0 Å². The number of amides is 2. The molecule has 1 saturated heterocycles. The summed E-state index contributed by atoms with van der Waals surface area (Å²) in [4.78, 5) is 17.9. The van der Waals surface area contributed by atoms with E-state index < -0.39 is 0 Å². The number of rotatable bonds is 4. The zero-order chi connectivity index (χ0) is 17.6. The van der Waals surface area contributed by atoms with Gasteiger partial charge in [0, 0.05) is 42.6 Å². The average molecular weight is 376 g/mol. The van der Waals surface area contributed by atoms with E-state index in [9.17, 15) is 4.79 Å². The van der Waals surface area contributed by atoms with E-state index in [2.05, 4.69) is 40.7 Å². The van der Waals surface area contributed by atoms with Gasteiger partial charge in [-0.2, -0.15) is 0 Å². The van der Waals surface area contributed by atoms with Crippen LogP contribution < -0.4 is 10.2 Å². The molecule has 0 bridgehead atoms. The number of hydrogen-bond acceptors (Lipinski definition) is 3. The molecule has 0 unspecified atom stereocenters. The second-order valence-electron chi connectivity index (χ2n) is 5.90. The van der Waals surface area contributed by atoms with E-state index >= 15 is 0 Å². The van der Waals surface area contributed by atoms with Gasteiger partial charge in [0.15, 0.2) is 0 Å². The zero-order valence-electron chi connectivity index (χ0n) is 14.2. The van der Waals surface area contributed by atoms with E-state index in [0.29, 0.717) is 11.6 Å². The minimum absolute atomic E-state index is 0.0299. The molecule has 132 valence electrons. The Hall–Kier alpha value is -1.85. The molecule has 4 nitrogen and oxygen atoms in total. The molecule has 0 atom stereocenters.